The first-order valence-corrected chi connectivity index (χ1v) is 9.29. The maximum atomic E-state index is 12.4. The van der Waals surface area contributed by atoms with Crippen LogP contribution in [0.1, 0.15) is 34.1 Å². The van der Waals surface area contributed by atoms with E-state index in [0.717, 1.165) is 0 Å². The summed E-state index contributed by atoms with van der Waals surface area (Å²) in [6, 6.07) is 13.6. The molecule has 148 valence electrons. The first kappa shape index (κ1) is 21.3. The highest BCUT2D eigenvalue weighted by Crippen LogP contribution is 2.16. The molecule has 4 N–H and O–H groups in total. The summed E-state index contributed by atoms with van der Waals surface area (Å²) in [6.45, 7) is 2.73. The van der Waals surface area contributed by atoms with Crippen molar-refractivity contribution in [3.63, 3.8) is 0 Å². The van der Waals surface area contributed by atoms with Gasteiger partial charge in [-0.3, -0.25) is 14.9 Å². The first-order chi connectivity index (χ1) is 13.5. The Labute approximate surface area is 169 Å². The molecule has 0 aliphatic heterocycles. The molecule has 0 aromatic heterocycles. The number of amides is 2. The number of rotatable bonds is 8. The van der Waals surface area contributed by atoms with Crippen LogP contribution < -0.4 is 20.7 Å². The van der Waals surface area contributed by atoms with Gasteiger partial charge in [-0.15, -0.1) is 0 Å². The van der Waals surface area contributed by atoms with Crippen LogP contribution in [0.3, 0.4) is 0 Å². The standard InChI is InChI=1S/C20H23N3O4S/c1-2-27-15-8-5-7-14(13-15)18(25)23-20(28)22-17-10-4-3-9-16(17)19(26)21-11-6-12-24/h3-5,7-10,13,24H,2,6,11-12H2,1H3,(H,21,26)(H2,22,23,25,28). The zero-order valence-corrected chi connectivity index (χ0v) is 16.3. The van der Waals surface area contributed by atoms with E-state index in [0.29, 0.717) is 42.1 Å². The Morgan fingerprint density at radius 2 is 1.89 bits per heavy atom. The van der Waals surface area contributed by atoms with Gasteiger partial charge in [-0.25, -0.2) is 0 Å². The lowest BCUT2D eigenvalue weighted by Gasteiger charge is -2.14. The number of hydrogen-bond donors (Lipinski definition) is 4. The highest BCUT2D eigenvalue weighted by atomic mass is 32.1. The summed E-state index contributed by atoms with van der Waals surface area (Å²) in [5.74, 6) is -0.0852. The first-order valence-electron chi connectivity index (χ1n) is 8.88. The Bertz CT molecular complexity index is 842. The van der Waals surface area contributed by atoms with E-state index in [1.165, 1.54) is 0 Å². The summed E-state index contributed by atoms with van der Waals surface area (Å²) < 4.78 is 5.39. The minimum atomic E-state index is -0.385. The monoisotopic (exact) mass is 401 g/mol. The number of ether oxygens (including phenoxy) is 1. The second-order valence-corrected chi connectivity index (χ2v) is 6.16. The number of aliphatic hydroxyl groups is 1. The van der Waals surface area contributed by atoms with Crippen molar-refractivity contribution in [3.05, 3.63) is 59.7 Å². The molecule has 0 spiro atoms. The highest BCUT2D eigenvalue weighted by Gasteiger charge is 2.13. The second kappa shape index (κ2) is 11.0. The van der Waals surface area contributed by atoms with Crippen LogP contribution in [-0.2, 0) is 0 Å². The van der Waals surface area contributed by atoms with Crippen LogP contribution in [0, 0.1) is 0 Å². The number of carbonyl (C=O) groups excluding carboxylic acids is 2. The molecule has 0 radical (unpaired) electrons. The minimum Gasteiger partial charge on any atom is -0.494 e. The molecule has 0 aliphatic rings. The molecule has 8 heteroatoms. The zero-order valence-electron chi connectivity index (χ0n) is 15.5. The van der Waals surface area contributed by atoms with Gasteiger partial charge in [0.15, 0.2) is 5.11 Å². The third-order valence-corrected chi connectivity index (χ3v) is 3.88. The summed E-state index contributed by atoms with van der Waals surface area (Å²) in [5, 5.41) is 17.1. The van der Waals surface area contributed by atoms with Gasteiger partial charge in [-0.1, -0.05) is 18.2 Å². The van der Waals surface area contributed by atoms with Gasteiger partial charge < -0.3 is 20.5 Å². The SMILES string of the molecule is CCOc1cccc(C(=O)NC(=S)Nc2ccccc2C(=O)NCCCO)c1. The summed E-state index contributed by atoms with van der Waals surface area (Å²) >= 11 is 5.21. The van der Waals surface area contributed by atoms with Gasteiger partial charge in [-0.05, 0) is 55.9 Å². The second-order valence-electron chi connectivity index (χ2n) is 5.75. The normalized spacial score (nSPS) is 10.1. The maximum Gasteiger partial charge on any atom is 0.257 e. The van der Waals surface area contributed by atoms with E-state index in [-0.39, 0.29) is 23.5 Å². The third kappa shape index (κ3) is 6.33. The lowest BCUT2D eigenvalue weighted by Crippen LogP contribution is -2.35. The van der Waals surface area contributed by atoms with Crippen molar-refractivity contribution in [1.82, 2.24) is 10.6 Å². The number of carbonyl (C=O) groups is 2. The number of para-hydroxylation sites is 1. The van der Waals surface area contributed by atoms with Gasteiger partial charge in [-0.2, -0.15) is 0 Å². The molecule has 2 amide bonds. The molecular formula is C20H23N3O4S. The number of nitrogens with one attached hydrogen (secondary N) is 3. The molecule has 0 fully saturated rings. The Morgan fingerprint density at radius 3 is 2.64 bits per heavy atom. The van der Waals surface area contributed by atoms with Gasteiger partial charge in [0, 0.05) is 18.7 Å². The minimum absolute atomic E-state index is 0.000784. The lowest BCUT2D eigenvalue weighted by atomic mass is 10.1. The van der Waals surface area contributed by atoms with Crippen LogP contribution in [0.4, 0.5) is 5.69 Å². The average Bonchev–Trinajstić information content (AvgIpc) is 2.69. The van der Waals surface area contributed by atoms with Gasteiger partial charge in [0.05, 0.1) is 17.9 Å². The third-order valence-electron chi connectivity index (χ3n) is 3.67. The molecule has 28 heavy (non-hydrogen) atoms. The van der Waals surface area contributed by atoms with Crippen molar-refractivity contribution in [2.75, 3.05) is 25.1 Å². The van der Waals surface area contributed by atoms with Gasteiger partial charge >= 0.3 is 0 Å². The van der Waals surface area contributed by atoms with Crippen LogP contribution >= 0.6 is 12.2 Å². The largest absolute Gasteiger partial charge is 0.494 e. The Kier molecular flexibility index (Phi) is 8.38. The Hall–Kier alpha value is -2.97. The van der Waals surface area contributed by atoms with E-state index in [4.69, 9.17) is 22.1 Å². The molecule has 2 aromatic carbocycles. The van der Waals surface area contributed by atoms with E-state index in [1.54, 1.807) is 48.5 Å². The summed E-state index contributed by atoms with van der Waals surface area (Å²) in [4.78, 5) is 24.7. The van der Waals surface area contributed by atoms with Crippen molar-refractivity contribution < 1.29 is 19.4 Å². The molecule has 7 nitrogen and oxygen atoms in total. The average molecular weight is 401 g/mol. The van der Waals surface area contributed by atoms with E-state index in [2.05, 4.69) is 16.0 Å². The Morgan fingerprint density at radius 1 is 1.11 bits per heavy atom. The molecule has 0 bridgehead atoms. The fourth-order valence-corrected chi connectivity index (χ4v) is 2.59. The van der Waals surface area contributed by atoms with Crippen molar-refractivity contribution in [2.24, 2.45) is 0 Å². The summed E-state index contributed by atoms with van der Waals surface area (Å²) in [5.41, 5.74) is 1.26. The predicted octanol–water partition coefficient (Wildman–Crippen LogP) is 2.32. The van der Waals surface area contributed by atoms with Gasteiger partial charge in [0.25, 0.3) is 11.8 Å². The van der Waals surface area contributed by atoms with Crippen LogP contribution in [0.15, 0.2) is 48.5 Å². The number of aliphatic hydroxyl groups excluding tert-OH is 1. The number of benzene rings is 2. The smallest absolute Gasteiger partial charge is 0.257 e. The van der Waals surface area contributed by atoms with Crippen molar-refractivity contribution in [3.8, 4) is 5.75 Å². The topological polar surface area (TPSA) is 99.7 Å². The fraction of sp³-hybridized carbons (Fsp3) is 0.250. The molecule has 0 aliphatic carbocycles. The molecule has 0 unspecified atom stereocenters. The molecule has 0 saturated heterocycles. The zero-order chi connectivity index (χ0) is 20.4. The molecule has 0 saturated carbocycles. The number of hydrogen-bond acceptors (Lipinski definition) is 5. The van der Waals surface area contributed by atoms with Crippen LogP contribution in [-0.4, -0.2) is 41.8 Å². The summed E-state index contributed by atoms with van der Waals surface area (Å²) in [6.07, 6.45) is 0.469. The van der Waals surface area contributed by atoms with Crippen LogP contribution in [0.25, 0.3) is 0 Å². The van der Waals surface area contributed by atoms with Crippen molar-refractivity contribution >= 4 is 34.8 Å². The maximum absolute atomic E-state index is 12.4. The Balaban J connectivity index is 2.02. The van der Waals surface area contributed by atoms with Gasteiger partial charge in [0.2, 0.25) is 0 Å². The quantitative estimate of drug-likeness (QED) is 0.400. The molecule has 0 atom stereocenters. The highest BCUT2D eigenvalue weighted by molar-refractivity contribution is 7.80. The lowest BCUT2D eigenvalue weighted by molar-refractivity contribution is 0.0950. The molecule has 2 aromatic rings. The van der Waals surface area contributed by atoms with E-state index >= 15 is 0 Å². The molecule has 2 rings (SSSR count). The number of thiocarbonyl (C=S) groups is 1. The molecule has 0 heterocycles. The van der Waals surface area contributed by atoms with Crippen molar-refractivity contribution in [2.45, 2.75) is 13.3 Å². The van der Waals surface area contributed by atoms with Crippen LogP contribution in [0.5, 0.6) is 5.75 Å². The van der Waals surface area contributed by atoms with Crippen LogP contribution in [0.2, 0.25) is 0 Å². The van der Waals surface area contributed by atoms with Gasteiger partial charge in [0.1, 0.15) is 5.75 Å². The van der Waals surface area contributed by atoms with E-state index in [9.17, 15) is 9.59 Å². The van der Waals surface area contributed by atoms with E-state index in [1.807, 2.05) is 6.92 Å². The fourth-order valence-electron chi connectivity index (χ4n) is 2.39. The van der Waals surface area contributed by atoms with E-state index < -0.39 is 0 Å². The summed E-state index contributed by atoms with van der Waals surface area (Å²) in [7, 11) is 0. The predicted molar refractivity (Wildman–Crippen MR) is 112 cm³/mol. The van der Waals surface area contributed by atoms with Crippen molar-refractivity contribution in [1.29, 1.82) is 0 Å². The number of anilines is 1. The molecular weight excluding hydrogens is 378 g/mol.